The van der Waals surface area contributed by atoms with Gasteiger partial charge in [-0.3, -0.25) is 4.98 Å². The topological polar surface area (TPSA) is 79.7 Å². The Morgan fingerprint density at radius 3 is 2.86 bits per heavy atom. The first kappa shape index (κ1) is 14.9. The van der Waals surface area contributed by atoms with Crippen molar-refractivity contribution in [3.05, 3.63) is 24.5 Å². The summed E-state index contributed by atoms with van der Waals surface area (Å²) in [6.07, 6.45) is 1.89. The van der Waals surface area contributed by atoms with Crippen LogP contribution in [0.2, 0.25) is 0 Å². The zero-order chi connectivity index (χ0) is 15.2. The van der Waals surface area contributed by atoms with E-state index in [9.17, 15) is 13.5 Å². The van der Waals surface area contributed by atoms with E-state index in [2.05, 4.69) is 4.98 Å². The smallest absolute Gasteiger partial charge is 0.247 e. The molecule has 2 saturated heterocycles. The summed E-state index contributed by atoms with van der Waals surface area (Å²) >= 11 is 0. The number of aromatic nitrogens is 1. The third-order valence-corrected chi connectivity index (χ3v) is 6.31. The number of pyridine rings is 1. The van der Waals surface area contributed by atoms with E-state index in [1.807, 2.05) is 13.8 Å². The minimum Gasteiger partial charge on any atom is -0.389 e. The number of hydrogen-bond acceptors (Lipinski definition) is 5. The van der Waals surface area contributed by atoms with Crippen molar-refractivity contribution in [2.45, 2.75) is 43.5 Å². The van der Waals surface area contributed by atoms with Crippen molar-refractivity contribution in [2.75, 3.05) is 6.61 Å². The monoisotopic (exact) mass is 312 g/mol. The van der Waals surface area contributed by atoms with Crippen molar-refractivity contribution in [2.24, 2.45) is 11.8 Å². The molecule has 2 aliphatic rings. The maximum Gasteiger partial charge on any atom is 0.247 e. The average Bonchev–Trinajstić information content (AvgIpc) is 2.82. The van der Waals surface area contributed by atoms with Crippen LogP contribution < -0.4 is 0 Å². The fraction of sp³-hybridized carbons (Fsp3) is 0.643. The van der Waals surface area contributed by atoms with Crippen LogP contribution in [0.4, 0.5) is 0 Å². The molecule has 0 aromatic carbocycles. The number of aliphatic hydroxyl groups excluding tert-OH is 1. The van der Waals surface area contributed by atoms with Gasteiger partial charge in [-0.05, 0) is 30.4 Å². The molecule has 0 unspecified atom stereocenters. The second-order valence-corrected chi connectivity index (χ2v) is 7.88. The first-order chi connectivity index (χ1) is 9.93. The van der Waals surface area contributed by atoms with E-state index in [0.717, 1.165) is 0 Å². The number of nitrogens with zero attached hydrogens (tertiary/aromatic N) is 2. The van der Waals surface area contributed by atoms with E-state index in [-0.39, 0.29) is 22.8 Å². The Kier molecular flexibility index (Phi) is 3.77. The highest BCUT2D eigenvalue weighted by atomic mass is 32.2. The molecule has 21 heavy (non-hydrogen) atoms. The van der Waals surface area contributed by atoms with Crippen molar-refractivity contribution >= 4 is 10.0 Å². The van der Waals surface area contributed by atoms with Crippen molar-refractivity contribution < 1.29 is 18.3 Å². The molecule has 3 rings (SSSR count). The van der Waals surface area contributed by atoms with Crippen molar-refractivity contribution in [1.29, 1.82) is 0 Å². The largest absolute Gasteiger partial charge is 0.389 e. The molecule has 6 nitrogen and oxygen atoms in total. The number of aliphatic hydroxyl groups is 1. The molecule has 3 heterocycles. The first-order valence-corrected chi connectivity index (χ1v) is 8.60. The molecule has 4 atom stereocenters. The molecule has 0 radical (unpaired) electrons. The van der Waals surface area contributed by atoms with E-state index < -0.39 is 22.4 Å². The second-order valence-electron chi connectivity index (χ2n) is 6.04. The maximum absolute atomic E-state index is 12.8. The fourth-order valence-electron chi connectivity index (χ4n) is 3.27. The van der Waals surface area contributed by atoms with Crippen molar-refractivity contribution in [3.63, 3.8) is 0 Å². The van der Waals surface area contributed by atoms with Crippen LogP contribution in [0.3, 0.4) is 0 Å². The van der Waals surface area contributed by atoms with Crippen LogP contribution in [-0.2, 0) is 14.8 Å². The van der Waals surface area contributed by atoms with Gasteiger partial charge in [-0.15, -0.1) is 0 Å². The summed E-state index contributed by atoms with van der Waals surface area (Å²) < 4.78 is 32.4. The molecule has 116 valence electrons. The number of sulfonamides is 1. The first-order valence-electron chi connectivity index (χ1n) is 7.16. The molecule has 0 saturated carbocycles. The fourth-order valence-corrected chi connectivity index (χ4v) is 4.96. The number of fused-ring (bicyclic) bond motifs is 2. The standard InChI is InChI=1S/C14H20N2O4S/c1-9(2)12-6-10-8-20-14(13(12)17)16(10)21(18,19)11-4-3-5-15-7-11/h3-5,7,9-10,12-14,17H,6,8H2,1-2H3/t10-,12-,13-,14-/m0/s1. The molecule has 7 heteroatoms. The Bertz CT molecular complexity index is 605. The van der Waals surface area contributed by atoms with Gasteiger partial charge in [-0.2, -0.15) is 4.31 Å². The predicted molar refractivity (Wildman–Crippen MR) is 75.7 cm³/mol. The molecule has 0 aliphatic carbocycles. The van der Waals surface area contributed by atoms with E-state index >= 15 is 0 Å². The number of rotatable bonds is 3. The summed E-state index contributed by atoms with van der Waals surface area (Å²) in [7, 11) is -3.69. The van der Waals surface area contributed by atoms with E-state index in [4.69, 9.17) is 4.74 Å². The summed E-state index contributed by atoms with van der Waals surface area (Å²) in [5.41, 5.74) is 0. The van der Waals surface area contributed by atoms with Crippen LogP contribution >= 0.6 is 0 Å². The lowest BCUT2D eigenvalue weighted by Gasteiger charge is -2.41. The number of hydrogen-bond donors (Lipinski definition) is 1. The highest BCUT2D eigenvalue weighted by Crippen LogP contribution is 2.40. The van der Waals surface area contributed by atoms with Gasteiger partial charge in [0.2, 0.25) is 10.0 Å². The van der Waals surface area contributed by atoms with E-state index in [0.29, 0.717) is 13.0 Å². The van der Waals surface area contributed by atoms with Gasteiger partial charge in [0, 0.05) is 12.4 Å². The van der Waals surface area contributed by atoms with Gasteiger partial charge in [-0.25, -0.2) is 8.42 Å². The Morgan fingerprint density at radius 2 is 2.24 bits per heavy atom. The zero-order valence-electron chi connectivity index (χ0n) is 12.1. The minimum absolute atomic E-state index is 0.0582. The van der Waals surface area contributed by atoms with Crippen LogP contribution in [-0.4, -0.2) is 47.8 Å². The SMILES string of the molecule is CC(C)[C@@H]1C[C@H]2CO[C@@H]([C@H]1O)N2S(=O)(=O)c1cccnc1. The molecule has 2 fully saturated rings. The third-order valence-electron chi connectivity index (χ3n) is 4.41. The normalized spacial score (nSPS) is 33.5. The minimum atomic E-state index is -3.69. The number of ether oxygens (including phenoxy) is 1. The Labute approximate surface area is 124 Å². The van der Waals surface area contributed by atoms with Gasteiger partial charge >= 0.3 is 0 Å². The molecule has 1 aromatic heterocycles. The lowest BCUT2D eigenvalue weighted by molar-refractivity contribution is -0.0877. The van der Waals surface area contributed by atoms with Crippen molar-refractivity contribution in [3.8, 4) is 0 Å². The quantitative estimate of drug-likeness (QED) is 0.894. The van der Waals surface area contributed by atoms with Crippen LogP contribution in [0.15, 0.2) is 29.4 Å². The molecule has 1 N–H and O–H groups in total. The van der Waals surface area contributed by atoms with Gasteiger partial charge in [0.15, 0.2) is 6.23 Å². The van der Waals surface area contributed by atoms with Gasteiger partial charge in [0.1, 0.15) is 4.90 Å². The van der Waals surface area contributed by atoms with E-state index in [1.54, 1.807) is 6.07 Å². The van der Waals surface area contributed by atoms with E-state index in [1.165, 1.54) is 22.8 Å². The molecule has 0 spiro atoms. The Morgan fingerprint density at radius 1 is 1.48 bits per heavy atom. The summed E-state index contributed by atoms with van der Waals surface area (Å²) in [5.74, 6) is 0.345. The summed E-state index contributed by atoms with van der Waals surface area (Å²) in [6, 6.07) is 2.89. The zero-order valence-corrected chi connectivity index (χ0v) is 12.9. The summed E-state index contributed by atoms with van der Waals surface area (Å²) in [6.45, 7) is 4.42. The van der Waals surface area contributed by atoms with Crippen LogP contribution in [0.25, 0.3) is 0 Å². The van der Waals surface area contributed by atoms with Gasteiger partial charge in [0.05, 0.1) is 18.8 Å². The lowest BCUT2D eigenvalue weighted by Crippen LogP contribution is -2.55. The molecule has 2 aliphatic heterocycles. The summed E-state index contributed by atoms with van der Waals surface area (Å²) in [4.78, 5) is 4.01. The van der Waals surface area contributed by atoms with Crippen LogP contribution in [0.1, 0.15) is 20.3 Å². The lowest BCUT2D eigenvalue weighted by atomic mass is 9.82. The highest BCUT2D eigenvalue weighted by Gasteiger charge is 2.53. The van der Waals surface area contributed by atoms with Gasteiger partial charge < -0.3 is 9.84 Å². The van der Waals surface area contributed by atoms with Gasteiger partial charge in [0.25, 0.3) is 0 Å². The number of piperidine rings is 1. The molecular weight excluding hydrogens is 292 g/mol. The molecule has 0 amide bonds. The second kappa shape index (κ2) is 5.31. The third kappa shape index (κ3) is 2.38. The average molecular weight is 312 g/mol. The maximum atomic E-state index is 12.8. The van der Waals surface area contributed by atoms with Crippen molar-refractivity contribution in [1.82, 2.24) is 9.29 Å². The van der Waals surface area contributed by atoms with Crippen LogP contribution in [0, 0.1) is 11.8 Å². The highest BCUT2D eigenvalue weighted by molar-refractivity contribution is 7.89. The van der Waals surface area contributed by atoms with Gasteiger partial charge in [-0.1, -0.05) is 13.8 Å². The Hall–Kier alpha value is -1.02. The van der Waals surface area contributed by atoms with Crippen LogP contribution in [0.5, 0.6) is 0 Å². The Balaban J connectivity index is 1.95. The molecule has 1 aromatic rings. The predicted octanol–water partition coefficient (Wildman–Crippen LogP) is 0.834. The molecule has 2 bridgehead atoms. The molecular formula is C14H20N2O4S. The summed E-state index contributed by atoms with van der Waals surface area (Å²) in [5, 5.41) is 10.5.